The van der Waals surface area contributed by atoms with E-state index in [1.54, 1.807) is 12.1 Å². The second-order valence-electron chi connectivity index (χ2n) is 3.00. The fourth-order valence-electron chi connectivity index (χ4n) is 1.23. The number of hydrogen-bond donors (Lipinski definition) is 1. The number of halogens is 1. The third-order valence-corrected chi connectivity index (χ3v) is 3.11. The SMILES string of the molecule is CC(=O)N=c1sc2ccc(Cl)cc2n1N. The molecule has 0 fully saturated rings. The van der Waals surface area contributed by atoms with Crippen LogP contribution in [0.25, 0.3) is 10.2 Å². The molecule has 0 atom stereocenters. The average molecular weight is 242 g/mol. The Morgan fingerprint density at radius 1 is 1.60 bits per heavy atom. The molecule has 1 aromatic heterocycles. The zero-order valence-electron chi connectivity index (χ0n) is 7.90. The van der Waals surface area contributed by atoms with Crippen LogP contribution in [0.1, 0.15) is 6.92 Å². The Labute approximate surface area is 94.6 Å². The smallest absolute Gasteiger partial charge is 0.245 e. The van der Waals surface area contributed by atoms with Crippen LogP contribution in [-0.2, 0) is 4.79 Å². The Hall–Kier alpha value is -1.33. The summed E-state index contributed by atoms with van der Waals surface area (Å²) in [6, 6.07) is 5.37. The molecule has 0 bridgehead atoms. The van der Waals surface area contributed by atoms with E-state index in [-0.39, 0.29) is 5.91 Å². The summed E-state index contributed by atoms with van der Waals surface area (Å²) in [5, 5.41) is 0.605. The largest absolute Gasteiger partial charge is 0.337 e. The maximum atomic E-state index is 10.9. The lowest BCUT2D eigenvalue weighted by Crippen LogP contribution is -2.23. The van der Waals surface area contributed by atoms with Crippen molar-refractivity contribution in [2.24, 2.45) is 4.99 Å². The lowest BCUT2D eigenvalue weighted by Gasteiger charge is -1.94. The number of nitrogen functional groups attached to an aromatic ring is 1. The molecule has 0 unspecified atom stereocenters. The molecule has 0 saturated carbocycles. The van der Waals surface area contributed by atoms with Gasteiger partial charge in [-0.25, -0.2) is 4.68 Å². The van der Waals surface area contributed by atoms with Gasteiger partial charge in [-0.1, -0.05) is 22.9 Å². The van der Waals surface area contributed by atoms with Crippen LogP contribution in [0.3, 0.4) is 0 Å². The van der Waals surface area contributed by atoms with Gasteiger partial charge in [0.2, 0.25) is 10.7 Å². The summed E-state index contributed by atoms with van der Waals surface area (Å²) in [5.74, 6) is 5.51. The molecule has 4 nitrogen and oxygen atoms in total. The number of carbonyl (C=O) groups is 1. The van der Waals surface area contributed by atoms with Crippen molar-refractivity contribution >= 4 is 39.1 Å². The molecule has 0 spiro atoms. The topological polar surface area (TPSA) is 60.4 Å². The Kier molecular flexibility index (Phi) is 2.50. The standard InChI is InChI=1S/C9H8ClN3OS/c1-5(14)12-9-13(11)7-4-6(10)2-3-8(7)15-9/h2-4H,11H2,1H3. The van der Waals surface area contributed by atoms with E-state index in [9.17, 15) is 4.79 Å². The van der Waals surface area contributed by atoms with Gasteiger partial charge in [-0.3, -0.25) is 4.79 Å². The number of carbonyl (C=O) groups excluding carboxylic acids is 1. The minimum Gasteiger partial charge on any atom is -0.337 e. The van der Waals surface area contributed by atoms with Crippen LogP contribution in [0.2, 0.25) is 5.02 Å². The number of hydrogen-bond acceptors (Lipinski definition) is 3. The van der Waals surface area contributed by atoms with Crippen molar-refractivity contribution in [2.45, 2.75) is 6.92 Å². The zero-order chi connectivity index (χ0) is 11.0. The third-order valence-electron chi connectivity index (χ3n) is 1.84. The second kappa shape index (κ2) is 3.67. The van der Waals surface area contributed by atoms with Gasteiger partial charge < -0.3 is 5.84 Å². The van der Waals surface area contributed by atoms with Crippen molar-refractivity contribution < 1.29 is 4.79 Å². The first-order valence-electron chi connectivity index (χ1n) is 4.19. The molecule has 78 valence electrons. The highest BCUT2D eigenvalue weighted by molar-refractivity contribution is 7.16. The summed E-state index contributed by atoms with van der Waals surface area (Å²) in [4.78, 5) is 15.1. The van der Waals surface area contributed by atoms with Gasteiger partial charge in [-0.05, 0) is 18.2 Å². The van der Waals surface area contributed by atoms with E-state index in [2.05, 4.69) is 4.99 Å². The molecule has 2 rings (SSSR count). The van der Waals surface area contributed by atoms with E-state index in [4.69, 9.17) is 17.4 Å². The lowest BCUT2D eigenvalue weighted by molar-refractivity contribution is -0.116. The van der Waals surface area contributed by atoms with Crippen molar-refractivity contribution in [1.82, 2.24) is 4.68 Å². The molecule has 0 aliphatic rings. The minimum atomic E-state index is -0.271. The van der Waals surface area contributed by atoms with E-state index < -0.39 is 0 Å². The Balaban J connectivity index is 2.81. The van der Waals surface area contributed by atoms with Crippen molar-refractivity contribution in [1.29, 1.82) is 0 Å². The van der Waals surface area contributed by atoms with Gasteiger partial charge in [0.05, 0.1) is 10.2 Å². The summed E-state index contributed by atoms with van der Waals surface area (Å²) < 4.78 is 2.31. The van der Waals surface area contributed by atoms with Crippen LogP contribution < -0.4 is 10.6 Å². The summed E-state index contributed by atoms with van der Waals surface area (Å²) in [6.45, 7) is 1.39. The molecule has 15 heavy (non-hydrogen) atoms. The van der Waals surface area contributed by atoms with Gasteiger partial charge in [0, 0.05) is 11.9 Å². The van der Waals surface area contributed by atoms with Crippen LogP contribution in [0.15, 0.2) is 23.2 Å². The number of nitrogens with two attached hydrogens (primary N) is 1. The molecule has 1 heterocycles. The average Bonchev–Trinajstić information content (AvgIpc) is 2.44. The third kappa shape index (κ3) is 1.88. The van der Waals surface area contributed by atoms with Gasteiger partial charge in [-0.2, -0.15) is 4.99 Å². The van der Waals surface area contributed by atoms with Crippen LogP contribution in [0.5, 0.6) is 0 Å². The van der Waals surface area contributed by atoms with Gasteiger partial charge in [-0.15, -0.1) is 0 Å². The van der Waals surface area contributed by atoms with E-state index in [0.717, 1.165) is 10.2 Å². The number of nitrogens with zero attached hydrogens (tertiary/aromatic N) is 2. The first kappa shape index (κ1) is 10.2. The van der Waals surface area contributed by atoms with Crippen LogP contribution in [0.4, 0.5) is 0 Å². The molecule has 1 aromatic carbocycles. The van der Waals surface area contributed by atoms with Crippen LogP contribution >= 0.6 is 22.9 Å². The first-order valence-corrected chi connectivity index (χ1v) is 5.39. The molecule has 1 amide bonds. The highest BCUT2D eigenvalue weighted by Gasteiger charge is 2.04. The van der Waals surface area contributed by atoms with Crippen molar-refractivity contribution in [3.8, 4) is 0 Å². The normalized spacial score (nSPS) is 12.3. The Morgan fingerprint density at radius 2 is 2.33 bits per heavy atom. The van der Waals surface area contributed by atoms with E-state index >= 15 is 0 Å². The molecule has 2 N–H and O–H groups in total. The van der Waals surface area contributed by atoms with Crippen LogP contribution in [0, 0.1) is 0 Å². The van der Waals surface area contributed by atoms with Crippen molar-refractivity contribution in [3.63, 3.8) is 0 Å². The van der Waals surface area contributed by atoms with Crippen molar-refractivity contribution in [2.75, 3.05) is 5.84 Å². The van der Waals surface area contributed by atoms with E-state index in [1.807, 2.05) is 6.07 Å². The van der Waals surface area contributed by atoms with E-state index in [1.165, 1.54) is 22.9 Å². The lowest BCUT2D eigenvalue weighted by atomic mass is 10.3. The molecule has 2 aromatic rings. The number of thiazole rings is 1. The van der Waals surface area contributed by atoms with Gasteiger partial charge in [0.1, 0.15) is 0 Å². The van der Waals surface area contributed by atoms with Gasteiger partial charge in [0.25, 0.3) is 0 Å². The highest BCUT2D eigenvalue weighted by atomic mass is 35.5. The van der Waals surface area contributed by atoms with Crippen LogP contribution in [-0.4, -0.2) is 10.6 Å². The number of amides is 1. The summed E-state index contributed by atoms with van der Waals surface area (Å²) in [6.07, 6.45) is 0. The maximum absolute atomic E-state index is 10.9. The monoisotopic (exact) mass is 241 g/mol. The molecule has 0 radical (unpaired) electrons. The molecular weight excluding hydrogens is 234 g/mol. The Morgan fingerprint density at radius 3 is 3.00 bits per heavy atom. The number of benzene rings is 1. The fraction of sp³-hybridized carbons (Fsp3) is 0.111. The maximum Gasteiger partial charge on any atom is 0.245 e. The number of aromatic nitrogens is 1. The molecular formula is C9H8ClN3OS. The van der Waals surface area contributed by atoms with Gasteiger partial charge >= 0.3 is 0 Å². The predicted octanol–water partition coefficient (Wildman–Crippen LogP) is 1.52. The minimum absolute atomic E-state index is 0.271. The predicted molar refractivity (Wildman–Crippen MR) is 61.2 cm³/mol. The van der Waals surface area contributed by atoms with E-state index in [0.29, 0.717) is 9.82 Å². The second-order valence-corrected chi connectivity index (χ2v) is 4.44. The summed E-state index contributed by atoms with van der Waals surface area (Å²) in [5.41, 5.74) is 0.771. The molecule has 6 heteroatoms. The Bertz CT molecular complexity index is 599. The molecule has 0 aliphatic heterocycles. The first-order chi connectivity index (χ1) is 7.08. The number of fused-ring (bicyclic) bond motifs is 1. The van der Waals surface area contributed by atoms with Crippen molar-refractivity contribution in [3.05, 3.63) is 28.0 Å². The fourth-order valence-corrected chi connectivity index (χ4v) is 2.36. The molecule has 0 saturated heterocycles. The number of rotatable bonds is 0. The highest BCUT2D eigenvalue weighted by Crippen LogP contribution is 2.20. The summed E-state index contributed by atoms with van der Waals surface area (Å²) in [7, 11) is 0. The zero-order valence-corrected chi connectivity index (χ0v) is 9.47. The van der Waals surface area contributed by atoms with Gasteiger partial charge in [0.15, 0.2) is 0 Å². The quantitative estimate of drug-likeness (QED) is 0.711. The summed E-state index contributed by atoms with van der Waals surface area (Å²) >= 11 is 7.20. The molecule has 0 aliphatic carbocycles.